The molecule has 3 nitrogen and oxygen atoms in total. The zero-order valence-electron chi connectivity index (χ0n) is 11.1. The van der Waals surface area contributed by atoms with Crippen molar-refractivity contribution >= 4 is 11.8 Å². The average molecular weight is 303 g/mol. The van der Waals surface area contributed by atoms with E-state index in [1.54, 1.807) is 12.1 Å². The summed E-state index contributed by atoms with van der Waals surface area (Å²) in [6.07, 6.45) is 1.59. The molecule has 2 atom stereocenters. The van der Waals surface area contributed by atoms with Crippen LogP contribution in [0.4, 0.5) is 8.78 Å². The molecule has 1 aliphatic heterocycles. The number of hydrogen-bond donors (Lipinski definition) is 2. The van der Waals surface area contributed by atoms with Crippen molar-refractivity contribution in [2.24, 2.45) is 0 Å². The Hall–Kier alpha value is -0.850. The summed E-state index contributed by atoms with van der Waals surface area (Å²) in [5.41, 5.74) is 0.583. The Labute approximate surface area is 121 Å². The van der Waals surface area contributed by atoms with Crippen LogP contribution in [-0.4, -0.2) is 35.8 Å². The van der Waals surface area contributed by atoms with Gasteiger partial charge in [-0.25, -0.2) is 0 Å². The minimum Gasteiger partial charge on any atom is -0.435 e. The van der Waals surface area contributed by atoms with Gasteiger partial charge in [0, 0.05) is 18.3 Å². The standard InChI is InChI=1S/C14H19F2NO2S/c15-14(16)19-12-5-1-3-10(7-12)13(18)8-17-11-4-2-6-20-9-11/h1,3,5,7,11,13-14,17-18H,2,4,6,8-9H2/t11-,13+/m1/s1. The van der Waals surface area contributed by atoms with Gasteiger partial charge in [-0.05, 0) is 36.3 Å². The van der Waals surface area contributed by atoms with Crippen LogP contribution in [0.2, 0.25) is 0 Å². The number of nitrogens with one attached hydrogen (secondary N) is 1. The van der Waals surface area contributed by atoms with E-state index in [0.717, 1.165) is 12.2 Å². The first-order chi connectivity index (χ1) is 9.65. The van der Waals surface area contributed by atoms with Crippen molar-refractivity contribution < 1.29 is 18.6 Å². The third-order valence-electron chi connectivity index (χ3n) is 3.23. The zero-order valence-corrected chi connectivity index (χ0v) is 11.9. The molecule has 0 saturated carbocycles. The molecule has 0 aromatic heterocycles. The van der Waals surface area contributed by atoms with Crippen molar-refractivity contribution in [2.45, 2.75) is 31.6 Å². The second-order valence-corrected chi connectivity index (χ2v) is 5.94. The first-order valence-electron chi connectivity index (χ1n) is 6.69. The van der Waals surface area contributed by atoms with E-state index >= 15 is 0 Å². The van der Waals surface area contributed by atoms with Crippen LogP contribution in [0.3, 0.4) is 0 Å². The summed E-state index contributed by atoms with van der Waals surface area (Å²) in [5.74, 6) is 2.33. The summed E-state index contributed by atoms with van der Waals surface area (Å²) >= 11 is 1.91. The Morgan fingerprint density at radius 2 is 2.30 bits per heavy atom. The maximum atomic E-state index is 12.1. The smallest absolute Gasteiger partial charge is 0.387 e. The molecular formula is C14H19F2NO2S. The van der Waals surface area contributed by atoms with Gasteiger partial charge in [0.05, 0.1) is 6.10 Å². The molecule has 1 heterocycles. The van der Waals surface area contributed by atoms with Crippen molar-refractivity contribution in [3.05, 3.63) is 29.8 Å². The number of benzene rings is 1. The lowest BCUT2D eigenvalue weighted by molar-refractivity contribution is -0.0499. The second-order valence-electron chi connectivity index (χ2n) is 4.79. The van der Waals surface area contributed by atoms with E-state index in [4.69, 9.17) is 0 Å². The molecule has 0 aliphatic carbocycles. The van der Waals surface area contributed by atoms with Crippen molar-refractivity contribution in [1.82, 2.24) is 5.32 Å². The third kappa shape index (κ3) is 4.92. The number of aliphatic hydroxyl groups excluding tert-OH is 1. The molecule has 0 spiro atoms. The SMILES string of the molecule is O[C@@H](CN[C@@H]1CCCSC1)c1cccc(OC(F)F)c1. The minimum atomic E-state index is -2.85. The van der Waals surface area contributed by atoms with Crippen LogP contribution < -0.4 is 10.1 Å². The molecule has 1 aromatic rings. The summed E-state index contributed by atoms with van der Waals surface area (Å²) in [6, 6.07) is 6.64. The number of ether oxygens (including phenoxy) is 1. The fraction of sp³-hybridized carbons (Fsp3) is 0.571. The Bertz CT molecular complexity index is 414. The minimum absolute atomic E-state index is 0.0739. The van der Waals surface area contributed by atoms with Crippen molar-refractivity contribution in [3.63, 3.8) is 0 Å². The van der Waals surface area contributed by atoms with Gasteiger partial charge in [0.2, 0.25) is 0 Å². The summed E-state index contributed by atoms with van der Waals surface area (Å²) in [4.78, 5) is 0. The molecule has 2 rings (SSSR count). The van der Waals surface area contributed by atoms with Crippen LogP contribution in [0.25, 0.3) is 0 Å². The van der Waals surface area contributed by atoms with E-state index in [1.807, 2.05) is 11.8 Å². The number of halogens is 2. The van der Waals surface area contributed by atoms with Gasteiger partial charge in [0.15, 0.2) is 0 Å². The summed E-state index contributed by atoms with van der Waals surface area (Å²) in [7, 11) is 0. The molecule has 1 aromatic carbocycles. The first kappa shape index (κ1) is 15.5. The summed E-state index contributed by atoms with van der Waals surface area (Å²) in [6.45, 7) is -2.43. The zero-order chi connectivity index (χ0) is 14.4. The predicted octanol–water partition coefficient (Wildman–Crippen LogP) is 2.81. The Balaban J connectivity index is 1.86. The van der Waals surface area contributed by atoms with Gasteiger partial charge in [-0.1, -0.05) is 12.1 Å². The number of thioether (sulfide) groups is 1. The summed E-state index contributed by atoms with van der Waals surface area (Å²) < 4.78 is 28.6. The molecule has 112 valence electrons. The van der Waals surface area contributed by atoms with E-state index in [1.165, 1.54) is 24.3 Å². The highest BCUT2D eigenvalue weighted by Gasteiger charge is 2.16. The van der Waals surface area contributed by atoms with Crippen LogP contribution >= 0.6 is 11.8 Å². The number of alkyl halides is 2. The average Bonchev–Trinajstić information content (AvgIpc) is 2.45. The Morgan fingerprint density at radius 3 is 3.00 bits per heavy atom. The topological polar surface area (TPSA) is 41.5 Å². The van der Waals surface area contributed by atoms with Crippen LogP contribution in [0.15, 0.2) is 24.3 Å². The predicted molar refractivity (Wildman–Crippen MR) is 76.4 cm³/mol. The van der Waals surface area contributed by atoms with Gasteiger partial charge in [-0.2, -0.15) is 20.5 Å². The molecule has 1 aliphatic rings. The lowest BCUT2D eigenvalue weighted by Gasteiger charge is -2.24. The van der Waals surface area contributed by atoms with Crippen LogP contribution in [0, 0.1) is 0 Å². The highest BCUT2D eigenvalue weighted by Crippen LogP contribution is 2.21. The molecule has 0 bridgehead atoms. The molecule has 20 heavy (non-hydrogen) atoms. The molecule has 1 saturated heterocycles. The maximum Gasteiger partial charge on any atom is 0.387 e. The first-order valence-corrected chi connectivity index (χ1v) is 7.84. The van der Waals surface area contributed by atoms with Gasteiger partial charge in [0.1, 0.15) is 5.75 Å². The molecule has 2 N–H and O–H groups in total. The van der Waals surface area contributed by atoms with Crippen LogP contribution in [0.5, 0.6) is 5.75 Å². The molecule has 0 unspecified atom stereocenters. The van der Waals surface area contributed by atoms with Crippen LogP contribution in [-0.2, 0) is 0 Å². The van der Waals surface area contributed by atoms with E-state index in [-0.39, 0.29) is 5.75 Å². The number of rotatable bonds is 6. The Morgan fingerprint density at radius 1 is 1.45 bits per heavy atom. The fourth-order valence-corrected chi connectivity index (χ4v) is 3.30. The Kier molecular flexibility index (Phi) is 6.06. The number of aliphatic hydroxyl groups is 1. The lowest BCUT2D eigenvalue weighted by Crippen LogP contribution is -2.36. The van der Waals surface area contributed by atoms with Crippen molar-refractivity contribution in [2.75, 3.05) is 18.1 Å². The van der Waals surface area contributed by atoms with Crippen molar-refractivity contribution in [1.29, 1.82) is 0 Å². The molecule has 0 amide bonds. The maximum absolute atomic E-state index is 12.1. The fourth-order valence-electron chi connectivity index (χ4n) is 2.20. The van der Waals surface area contributed by atoms with Gasteiger partial charge in [-0.15, -0.1) is 0 Å². The lowest BCUT2D eigenvalue weighted by atomic mass is 10.1. The normalized spacial score (nSPS) is 20.9. The van der Waals surface area contributed by atoms with Crippen molar-refractivity contribution in [3.8, 4) is 5.75 Å². The van der Waals surface area contributed by atoms with E-state index in [0.29, 0.717) is 18.2 Å². The molecule has 1 fully saturated rings. The van der Waals surface area contributed by atoms with E-state index in [2.05, 4.69) is 10.1 Å². The quantitative estimate of drug-likeness (QED) is 0.848. The van der Waals surface area contributed by atoms with E-state index in [9.17, 15) is 13.9 Å². The van der Waals surface area contributed by atoms with Gasteiger partial charge in [0.25, 0.3) is 0 Å². The third-order valence-corrected chi connectivity index (χ3v) is 4.44. The molecule has 0 radical (unpaired) electrons. The monoisotopic (exact) mass is 303 g/mol. The van der Waals surface area contributed by atoms with E-state index < -0.39 is 12.7 Å². The van der Waals surface area contributed by atoms with Gasteiger partial charge in [-0.3, -0.25) is 0 Å². The number of hydrogen-bond acceptors (Lipinski definition) is 4. The van der Waals surface area contributed by atoms with Gasteiger partial charge < -0.3 is 15.2 Å². The highest BCUT2D eigenvalue weighted by molar-refractivity contribution is 7.99. The van der Waals surface area contributed by atoms with Gasteiger partial charge >= 0.3 is 6.61 Å². The summed E-state index contributed by atoms with van der Waals surface area (Å²) in [5, 5.41) is 13.4. The van der Waals surface area contributed by atoms with Crippen LogP contribution in [0.1, 0.15) is 24.5 Å². The molecule has 6 heteroatoms. The largest absolute Gasteiger partial charge is 0.435 e. The highest BCUT2D eigenvalue weighted by atomic mass is 32.2. The molecular weight excluding hydrogens is 284 g/mol. The second kappa shape index (κ2) is 7.81.